The molecule has 1 aliphatic carbocycles. The molecule has 2 aliphatic rings. The monoisotopic (exact) mass is 334 g/mol. The van der Waals surface area contributed by atoms with Gasteiger partial charge in [-0.1, -0.05) is 12.8 Å². The minimum absolute atomic E-state index is 0.0522. The molecule has 134 valence electrons. The second kappa shape index (κ2) is 9.06. The largest absolute Gasteiger partial charge is 0.378 e. The van der Waals surface area contributed by atoms with Gasteiger partial charge in [0.05, 0.1) is 18.2 Å². The Morgan fingerprint density at radius 1 is 1.21 bits per heavy atom. The second-order valence-corrected chi connectivity index (χ2v) is 6.98. The van der Waals surface area contributed by atoms with E-state index in [9.17, 15) is 4.79 Å². The molecule has 6 heteroatoms. The van der Waals surface area contributed by atoms with E-state index < -0.39 is 0 Å². The van der Waals surface area contributed by atoms with Crippen LogP contribution in [0.5, 0.6) is 0 Å². The molecule has 24 heavy (non-hydrogen) atoms. The lowest BCUT2D eigenvalue weighted by molar-refractivity contribution is 0.0103. The third-order valence-electron chi connectivity index (χ3n) is 5.17. The molecule has 1 aliphatic heterocycles. The highest BCUT2D eigenvalue weighted by molar-refractivity contribution is 5.74. The molecule has 6 nitrogen and oxygen atoms in total. The summed E-state index contributed by atoms with van der Waals surface area (Å²) in [4.78, 5) is 12.2. The number of amides is 2. The van der Waals surface area contributed by atoms with E-state index in [1.807, 2.05) is 16.9 Å². The molecule has 0 bridgehead atoms. The Morgan fingerprint density at radius 2 is 2.08 bits per heavy atom. The number of ether oxygens (including phenoxy) is 1. The molecule has 3 rings (SSSR count). The lowest BCUT2D eigenvalue weighted by atomic mass is 9.90. The summed E-state index contributed by atoms with van der Waals surface area (Å²) in [7, 11) is 0. The van der Waals surface area contributed by atoms with Gasteiger partial charge >= 0.3 is 6.03 Å². The summed E-state index contributed by atoms with van der Waals surface area (Å²) in [6.07, 6.45) is 14.3. The minimum atomic E-state index is -0.0522. The van der Waals surface area contributed by atoms with Gasteiger partial charge in [0, 0.05) is 25.5 Å². The lowest BCUT2D eigenvalue weighted by Crippen LogP contribution is -2.47. The molecule has 1 saturated carbocycles. The average Bonchev–Trinajstić information content (AvgIpc) is 3.15. The molecule has 2 heterocycles. The number of carbonyl (C=O) groups excluding carboxylic acids is 1. The highest BCUT2D eigenvalue weighted by Gasteiger charge is 2.28. The van der Waals surface area contributed by atoms with E-state index >= 15 is 0 Å². The SMILES string of the molecule is O=C(NCCC[C@@H]1CCCCO1)N[C@H]1CCCC[C@H]1n1cccn1. The van der Waals surface area contributed by atoms with Crippen LogP contribution in [0.4, 0.5) is 4.79 Å². The van der Waals surface area contributed by atoms with E-state index in [1.165, 1.54) is 32.1 Å². The number of hydrogen-bond donors (Lipinski definition) is 2. The van der Waals surface area contributed by atoms with Gasteiger partial charge in [-0.05, 0) is 51.0 Å². The Balaban J connectivity index is 1.37. The summed E-state index contributed by atoms with van der Waals surface area (Å²) < 4.78 is 7.71. The number of aromatic nitrogens is 2. The lowest BCUT2D eigenvalue weighted by Gasteiger charge is -2.32. The smallest absolute Gasteiger partial charge is 0.315 e. The fraction of sp³-hybridized carbons (Fsp3) is 0.778. The zero-order valence-corrected chi connectivity index (χ0v) is 14.5. The summed E-state index contributed by atoms with van der Waals surface area (Å²) in [5.41, 5.74) is 0. The molecule has 3 atom stereocenters. The Bertz CT molecular complexity index is 485. The van der Waals surface area contributed by atoms with Crippen molar-refractivity contribution >= 4 is 6.03 Å². The summed E-state index contributed by atoms with van der Waals surface area (Å²) in [5.74, 6) is 0. The molecule has 0 aromatic carbocycles. The third-order valence-corrected chi connectivity index (χ3v) is 5.17. The molecular formula is C18H30N4O2. The van der Waals surface area contributed by atoms with Crippen molar-refractivity contribution in [2.24, 2.45) is 0 Å². The van der Waals surface area contributed by atoms with Crippen molar-refractivity contribution in [3.05, 3.63) is 18.5 Å². The first kappa shape index (κ1) is 17.3. The highest BCUT2D eigenvalue weighted by atomic mass is 16.5. The second-order valence-electron chi connectivity index (χ2n) is 6.98. The van der Waals surface area contributed by atoms with E-state index in [4.69, 9.17) is 4.74 Å². The first-order valence-corrected chi connectivity index (χ1v) is 9.48. The van der Waals surface area contributed by atoms with Gasteiger partial charge in [-0.25, -0.2) is 4.79 Å². The normalized spacial score (nSPS) is 27.6. The Kier molecular flexibility index (Phi) is 6.52. The van der Waals surface area contributed by atoms with Gasteiger partial charge in [-0.3, -0.25) is 4.68 Å². The van der Waals surface area contributed by atoms with Crippen molar-refractivity contribution in [3.63, 3.8) is 0 Å². The number of nitrogens with zero attached hydrogens (tertiary/aromatic N) is 2. The molecule has 0 unspecified atom stereocenters. The van der Waals surface area contributed by atoms with Gasteiger partial charge in [0.1, 0.15) is 0 Å². The van der Waals surface area contributed by atoms with Crippen LogP contribution >= 0.6 is 0 Å². The van der Waals surface area contributed by atoms with Crippen molar-refractivity contribution in [2.75, 3.05) is 13.2 Å². The number of urea groups is 1. The molecule has 1 aromatic rings. The van der Waals surface area contributed by atoms with Gasteiger partial charge in [-0.15, -0.1) is 0 Å². The number of hydrogen-bond acceptors (Lipinski definition) is 3. The number of nitrogens with one attached hydrogen (secondary N) is 2. The van der Waals surface area contributed by atoms with Crippen LogP contribution in [0.15, 0.2) is 18.5 Å². The zero-order valence-electron chi connectivity index (χ0n) is 14.5. The molecule has 1 saturated heterocycles. The summed E-state index contributed by atoms with van der Waals surface area (Å²) in [5, 5.41) is 10.5. The van der Waals surface area contributed by atoms with Crippen LogP contribution in [0.2, 0.25) is 0 Å². The first-order valence-electron chi connectivity index (χ1n) is 9.48. The number of carbonyl (C=O) groups is 1. The van der Waals surface area contributed by atoms with Crippen molar-refractivity contribution in [1.29, 1.82) is 0 Å². The zero-order chi connectivity index (χ0) is 16.6. The van der Waals surface area contributed by atoms with Crippen molar-refractivity contribution < 1.29 is 9.53 Å². The predicted molar refractivity (Wildman–Crippen MR) is 92.9 cm³/mol. The third kappa shape index (κ3) is 4.97. The standard InChI is InChI=1S/C18H30N4O2/c23-18(19-11-5-8-15-7-3-4-14-24-15)21-16-9-1-2-10-17(16)22-13-6-12-20-22/h6,12-13,15-17H,1-5,7-11,14H2,(H2,19,21,23)/t15-,16-,17+/m0/s1. The van der Waals surface area contributed by atoms with Crippen molar-refractivity contribution in [3.8, 4) is 0 Å². The molecule has 0 spiro atoms. The van der Waals surface area contributed by atoms with Crippen LogP contribution < -0.4 is 10.6 Å². The van der Waals surface area contributed by atoms with Crippen LogP contribution in [0.3, 0.4) is 0 Å². The van der Waals surface area contributed by atoms with Gasteiger partial charge in [0.2, 0.25) is 0 Å². The fourth-order valence-corrected chi connectivity index (χ4v) is 3.86. The van der Waals surface area contributed by atoms with Gasteiger partial charge in [-0.2, -0.15) is 5.10 Å². The fourth-order valence-electron chi connectivity index (χ4n) is 3.86. The highest BCUT2D eigenvalue weighted by Crippen LogP contribution is 2.28. The molecule has 0 radical (unpaired) electrons. The van der Waals surface area contributed by atoms with Crippen LogP contribution in [0, 0.1) is 0 Å². The van der Waals surface area contributed by atoms with Crippen molar-refractivity contribution in [2.45, 2.75) is 76.0 Å². The van der Waals surface area contributed by atoms with E-state index in [1.54, 1.807) is 6.20 Å². The maximum Gasteiger partial charge on any atom is 0.315 e. The van der Waals surface area contributed by atoms with Crippen molar-refractivity contribution in [1.82, 2.24) is 20.4 Å². The predicted octanol–water partition coefficient (Wildman–Crippen LogP) is 3.02. The summed E-state index contributed by atoms with van der Waals surface area (Å²) >= 11 is 0. The molecular weight excluding hydrogens is 304 g/mol. The number of rotatable bonds is 6. The van der Waals surface area contributed by atoms with E-state index in [0.717, 1.165) is 32.3 Å². The molecule has 2 amide bonds. The molecule has 1 aromatic heterocycles. The van der Waals surface area contributed by atoms with Crippen LogP contribution in [-0.4, -0.2) is 41.1 Å². The Hall–Kier alpha value is -1.56. The van der Waals surface area contributed by atoms with Crippen LogP contribution in [0.25, 0.3) is 0 Å². The van der Waals surface area contributed by atoms with E-state index in [2.05, 4.69) is 15.7 Å². The Morgan fingerprint density at radius 3 is 2.88 bits per heavy atom. The van der Waals surface area contributed by atoms with Gasteiger partial charge < -0.3 is 15.4 Å². The maximum atomic E-state index is 12.2. The molecule has 2 N–H and O–H groups in total. The summed E-state index contributed by atoms with van der Waals surface area (Å²) in [6, 6.07) is 2.33. The van der Waals surface area contributed by atoms with E-state index in [0.29, 0.717) is 12.6 Å². The minimum Gasteiger partial charge on any atom is -0.378 e. The van der Waals surface area contributed by atoms with E-state index in [-0.39, 0.29) is 18.1 Å². The topological polar surface area (TPSA) is 68.2 Å². The average molecular weight is 334 g/mol. The van der Waals surface area contributed by atoms with Crippen LogP contribution in [0.1, 0.15) is 63.8 Å². The van der Waals surface area contributed by atoms with Gasteiger partial charge in [0.15, 0.2) is 0 Å². The Labute approximate surface area is 144 Å². The summed E-state index contributed by atoms with van der Waals surface area (Å²) in [6.45, 7) is 1.61. The maximum absolute atomic E-state index is 12.2. The molecule has 2 fully saturated rings. The van der Waals surface area contributed by atoms with Crippen LogP contribution in [-0.2, 0) is 4.74 Å². The van der Waals surface area contributed by atoms with Gasteiger partial charge in [0.25, 0.3) is 0 Å². The first-order chi connectivity index (χ1) is 11.8. The quantitative estimate of drug-likeness (QED) is 0.786.